The largest absolute Gasteiger partial charge is 0.481 e. The van der Waals surface area contributed by atoms with Gasteiger partial charge in [-0.05, 0) is 6.42 Å². The molecule has 2 fully saturated rings. The molecule has 2 aliphatic rings. The Hall–Kier alpha value is -2.38. The van der Waals surface area contributed by atoms with Crippen molar-refractivity contribution in [3.8, 4) is 5.88 Å². The number of hydrogen-bond acceptors (Lipinski definition) is 6. The Labute approximate surface area is 127 Å². The highest BCUT2D eigenvalue weighted by Crippen LogP contribution is 2.40. The van der Waals surface area contributed by atoms with E-state index in [1.807, 2.05) is 4.90 Å². The molecule has 3 rings (SSSR count). The summed E-state index contributed by atoms with van der Waals surface area (Å²) in [7, 11) is 1.55. The zero-order chi connectivity index (χ0) is 15.7. The van der Waals surface area contributed by atoms with Gasteiger partial charge in [-0.3, -0.25) is 9.59 Å². The Morgan fingerprint density at radius 3 is 2.59 bits per heavy atom. The van der Waals surface area contributed by atoms with Gasteiger partial charge in [0.25, 0.3) is 0 Å². The first kappa shape index (κ1) is 14.6. The first-order valence-corrected chi connectivity index (χ1v) is 7.23. The molecule has 0 spiro atoms. The number of aromatic nitrogens is 2. The van der Waals surface area contributed by atoms with Crippen LogP contribution in [-0.2, 0) is 9.59 Å². The molecule has 1 aromatic rings. The molecule has 2 heterocycles. The van der Waals surface area contributed by atoms with Gasteiger partial charge in [-0.1, -0.05) is 0 Å². The first-order valence-electron chi connectivity index (χ1n) is 7.23. The minimum Gasteiger partial charge on any atom is -0.481 e. The van der Waals surface area contributed by atoms with Crippen molar-refractivity contribution in [2.75, 3.05) is 38.2 Å². The molecule has 1 aliphatic heterocycles. The maximum atomic E-state index is 12.2. The number of hydrogen-bond donors (Lipinski definition) is 1. The van der Waals surface area contributed by atoms with E-state index in [0.717, 1.165) is 0 Å². The molecule has 1 saturated heterocycles. The van der Waals surface area contributed by atoms with Gasteiger partial charge in [-0.25, -0.2) is 4.98 Å². The van der Waals surface area contributed by atoms with Crippen LogP contribution in [0.5, 0.6) is 5.88 Å². The number of carbonyl (C=O) groups excluding carboxylic acids is 1. The molecule has 2 unspecified atom stereocenters. The van der Waals surface area contributed by atoms with Crippen LogP contribution < -0.4 is 9.64 Å². The van der Waals surface area contributed by atoms with Crippen molar-refractivity contribution in [2.24, 2.45) is 11.8 Å². The molecule has 8 heteroatoms. The summed E-state index contributed by atoms with van der Waals surface area (Å²) in [5.41, 5.74) is 0. The highest BCUT2D eigenvalue weighted by Gasteiger charge is 2.50. The number of methoxy groups -OCH3 is 1. The zero-order valence-electron chi connectivity index (χ0n) is 12.3. The van der Waals surface area contributed by atoms with Gasteiger partial charge in [0.15, 0.2) is 0 Å². The smallest absolute Gasteiger partial charge is 0.307 e. The number of ether oxygens (including phenoxy) is 1. The predicted molar refractivity (Wildman–Crippen MR) is 76.6 cm³/mol. The lowest BCUT2D eigenvalue weighted by atomic mass is 10.2. The summed E-state index contributed by atoms with van der Waals surface area (Å²) < 4.78 is 5.08. The van der Waals surface area contributed by atoms with Crippen LogP contribution >= 0.6 is 0 Å². The zero-order valence-corrected chi connectivity index (χ0v) is 12.3. The normalized spacial score (nSPS) is 24.0. The molecule has 1 saturated carbocycles. The topological polar surface area (TPSA) is 95.9 Å². The lowest BCUT2D eigenvalue weighted by Crippen LogP contribution is -2.50. The molecular formula is C14H18N4O4. The van der Waals surface area contributed by atoms with Crippen LogP contribution in [0, 0.1) is 11.8 Å². The fraction of sp³-hybridized carbons (Fsp3) is 0.571. The van der Waals surface area contributed by atoms with E-state index in [1.165, 1.54) is 0 Å². The third-order valence-corrected chi connectivity index (χ3v) is 4.13. The van der Waals surface area contributed by atoms with Crippen molar-refractivity contribution in [1.29, 1.82) is 0 Å². The number of anilines is 1. The summed E-state index contributed by atoms with van der Waals surface area (Å²) in [6.07, 6.45) is 2.10. The summed E-state index contributed by atoms with van der Waals surface area (Å²) in [4.78, 5) is 35.3. The van der Waals surface area contributed by atoms with Crippen LogP contribution in [0.15, 0.2) is 12.3 Å². The van der Waals surface area contributed by atoms with Crippen LogP contribution in [0.3, 0.4) is 0 Å². The predicted octanol–water partition coefficient (Wildman–Crippen LogP) is -0.145. The average Bonchev–Trinajstić information content (AvgIpc) is 3.35. The fourth-order valence-corrected chi connectivity index (χ4v) is 2.70. The number of nitrogens with zero attached hydrogens (tertiary/aromatic N) is 4. The number of aliphatic carboxylic acids is 1. The molecule has 8 nitrogen and oxygen atoms in total. The molecule has 1 aliphatic carbocycles. The molecule has 0 aromatic carbocycles. The van der Waals surface area contributed by atoms with Gasteiger partial charge in [-0.15, -0.1) is 0 Å². The number of piperazine rings is 1. The number of carboxylic acid groups (broad SMARTS) is 1. The van der Waals surface area contributed by atoms with Crippen molar-refractivity contribution < 1.29 is 19.4 Å². The summed E-state index contributed by atoms with van der Waals surface area (Å²) in [6.45, 7) is 2.37. The van der Waals surface area contributed by atoms with Gasteiger partial charge < -0.3 is 19.6 Å². The van der Waals surface area contributed by atoms with Crippen molar-refractivity contribution in [1.82, 2.24) is 14.9 Å². The molecule has 0 bridgehead atoms. The Kier molecular flexibility index (Phi) is 3.82. The minimum absolute atomic E-state index is 0.0430. The van der Waals surface area contributed by atoms with Gasteiger partial charge >= 0.3 is 5.97 Å². The number of carboxylic acids is 1. The fourth-order valence-electron chi connectivity index (χ4n) is 2.70. The monoisotopic (exact) mass is 306 g/mol. The third kappa shape index (κ3) is 2.81. The van der Waals surface area contributed by atoms with Crippen molar-refractivity contribution in [2.45, 2.75) is 6.42 Å². The van der Waals surface area contributed by atoms with E-state index in [-0.39, 0.29) is 11.8 Å². The molecule has 118 valence electrons. The standard InChI is InChI=1S/C14H18N4O4/c1-22-11-2-3-15-14(16-11)18-6-4-17(5-7-18)12(19)9-8-10(9)13(20)21/h2-3,9-10H,4-8H2,1H3,(H,20,21). The van der Waals surface area contributed by atoms with E-state index >= 15 is 0 Å². The van der Waals surface area contributed by atoms with E-state index in [9.17, 15) is 9.59 Å². The molecule has 1 N–H and O–H groups in total. The summed E-state index contributed by atoms with van der Waals surface area (Å²) in [5.74, 6) is -0.656. The second kappa shape index (κ2) is 5.78. The minimum atomic E-state index is -0.873. The van der Waals surface area contributed by atoms with E-state index < -0.39 is 11.9 Å². The number of amides is 1. The summed E-state index contributed by atoms with van der Waals surface area (Å²) >= 11 is 0. The van der Waals surface area contributed by atoms with Crippen LogP contribution in [0.25, 0.3) is 0 Å². The Balaban J connectivity index is 1.56. The van der Waals surface area contributed by atoms with Crippen molar-refractivity contribution in [3.05, 3.63) is 12.3 Å². The van der Waals surface area contributed by atoms with E-state index in [2.05, 4.69) is 9.97 Å². The van der Waals surface area contributed by atoms with Gasteiger partial charge in [0, 0.05) is 38.4 Å². The number of rotatable bonds is 4. The summed E-state index contributed by atoms with van der Waals surface area (Å²) in [6, 6.07) is 1.68. The Morgan fingerprint density at radius 1 is 1.27 bits per heavy atom. The van der Waals surface area contributed by atoms with Crippen LogP contribution in [0.4, 0.5) is 5.95 Å². The molecule has 1 aromatic heterocycles. The molecular weight excluding hydrogens is 288 g/mol. The van der Waals surface area contributed by atoms with Crippen molar-refractivity contribution in [3.63, 3.8) is 0 Å². The van der Waals surface area contributed by atoms with Gasteiger partial charge in [0.1, 0.15) is 0 Å². The lowest BCUT2D eigenvalue weighted by Gasteiger charge is -2.34. The third-order valence-electron chi connectivity index (χ3n) is 4.13. The van der Waals surface area contributed by atoms with E-state index in [1.54, 1.807) is 24.3 Å². The van der Waals surface area contributed by atoms with Gasteiger partial charge in [-0.2, -0.15) is 4.98 Å². The molecule has 0 radical (unpaired) electrons. The quantitative estimate of drug-likeness (QED) is 0.826. The maximum Gasteiger partial charge on any atom is 0.307 e. The van der Waals surface area contributed by atoms with Gasteiger partial charge in [0.2, 0.25) is 17.7 Å². The first-order chi connectivity index (χ1) is 10.6. The SMILES string of the molecule is COc1ccnc(N2CCN(C(=O)C3CC3C(=O)O)CC2)n1. The van der Waals surface area contributed by atoms with Crippen LogP contribution in [0.2, 0.25) is 0 Å². The summed E-state index contributed by atoms with van der Waals surface area (Å²) in [5, 5.41) is 8.90. The Bertz CT molecular complexity index is 586. The van der Waals surface area contributed by atoms with Crippen molar-refractivity contribution >= 4 is 17.8 Å². The average molecular weight is 306 g/mol. The highest BCUT2D eigenvalue weighted by molar-refractivity contribution is 5.89. The number of carbonyl (C=O) groups is 2. The van der Waals surface area contributed by atoms with E-state index in [0.29, 0.717) is 44.4 Å². The highest BCUT2D eigenvalue weighted by atomic mass is 16.5. The van der Waals surface area contributed by atoms with Gasteiger partial charge in [0.05, 0.1) is 18.9 Å². The lowest BCUT2D eigenvalue weighted by molar-refractivity contribution is -0.142. The molecule has 2 atom stereocenters. The van der Waals surface area contributed by atoms with E-state index in [4.69, 9.17) is 9.84 Å². The second-order valence-electron chi connectivity index (χ2n) is 5.50. The van der Waals surface area contributed by atoms with Crippen LogP contribution in [0.1, 0.15) is 6.42 Å². The Morgan fingerprint density at radius 2 is 2.00 bits per heavy atom. The van der Waals surface area contributed by atoms with Crippen LogP contribution in [-0.4, -0.2) is 65.1 Å². The maximum absolute atomic E-state index is 12.2. The molecule has 22 heavy (non-hydrogen) atoms. The second-order valence-corrected chi connectivity index (χ2v) is 5.50. The molecule has 1 amide bonds.